The van der Waals surface area contributed by atoms with Gasteiger partial charge in [0.1, 0.15) is 11.5 Å². The molecule has 1 atom stereocenters. The minimum absolute atomic E-state index is 0.0587. The molecule has 23 heavy (non-hydrogen) atoms. The Bertz CT molecular complexity index is 928. The summed E-state index contributed by atoms with van der Waals surface area (Å²) in [4.78, 5) is 18.1. The first kappa shape index (κ1) is 14.0. The van der Waals surface area contributed by atoms with Gasteiger partial charge in [0.2, 0.25) is 0 Å². The second kappa shape index (κ2) is 4.95. The first-order valence-electron chi connectivity index (χ1n) is 7.75. The molecule has 3 nitrogen and oxygen atoms in total. The summed E-state index contributed by atoms with van der Waals surface area (Å²) in [6.45, 7) is 3.91. The monoisotopic (exact) mass is 308 g/mol. The number of carbonyl (C=O) groups is 1. The van der Waals surface area contributed by atoms with Crippen LogP contribution in [0.5, 0.6) is 0 Å². The number of rotatable bonds is 1. The van der Waals surface area contributed by atoms with Gasteiger partial charge in [0.25, 0.3) is 5.91 Å². The Hall–Kier alpha value is -2.62. The smallest absolute Gasteiger partial charge is 0.275 e. The lowest BCUT2D eigenvalue weighted by Gasteiger charge is -2.22. The van der Waals surface area contributed by atoms with Crippen LogP contribution in [0.4, 0.5) is 10.1 Å². The Morgan fingerprint density at radius 3 is 2.87 bits per heavy atom. The number of amides is 1. The normalized spacial score (nSPS) is 16.8. The van der Waals surface area contributed by atoms with Crippen molar-refractivity contribution >= 4 is 22.5 Å². The molecule has 3 aromatic rings. The number of aromatic amines is 1. The fourth-order valence-corrected chi connectivity index (χ4v) is 3.51. The molecule has 0 aliphatic carbocycles. The molecule has 0 saturated carbocycles. The third-order valence-electron chi connectivity index (χ3n) is 4.66. The van der Waals surface area contributed by atoms with Crippen molar-refractivity contribution in [1.29, 1.82) is 0 Å². The number of nitrogens with one attached hydrogen (secondary N) is 1. The standard InChI is InChI=1S/C19H17FN2O/c1-11-9-13-5-3-4-6-17(13)22(11)19(23)18-12(2)15-10-14(20)7-8-16(15)21-18/h3-8,10-11,21H,9H2,1-2H3. The third-order valence-corrected chi connectivity index (χ3v) is 4.66. The number of para-hydroxylation sites is 1. The molecule has 0 radical (unpaired) electrons. The third kappa shape index (κ3) is 2.05. The van der Waals surface area contributed by atoms with Gasteiger partial charge in [0, 0.05) is 22.6 Å². The maximum atomic E-state index is 13.5. The van der Waals surface area contributed by atoms with Crippen LogP contribution in [0, 0.1) is 12.7 Å². The van der Waals surface area contributed by atoms with E-state index in [1.54, 1.807) is 6.07 Å². The van der Waals surface area contributed by atoms with E-state index in [0.717, 1.165) is 28.6 Å². The van der Waals surface area contributed by atoms with Gasteiger partial charge in [-0.25, -0.2) is 4.39 Å². The lowest BCUT2D eigenvalue weighted by atomic mass is 10.1. The number of hydrogen-bond acceptors (Lipinski definition) is 1. The summed E-state index contributed by atoms with van der Waals surface area (Å²) in [6, 6.07) is 12.7. The molecule has 2 aromatic carbocycles. The maximum Gasteiger partial charge on any atom is 0.275 e. The van der Waals surface area contributed by atoms with Crippen LogP contribution < -0.4 is 4.90 Å². The SMILES string of the molecule is Cc1c(C(=O)N2c3ccccc3CC2C)[nH]c2ccc(F)cc12. The average Bonchev–Trinajstić information content (AvgIpc) is 3.04. The largest absolute Gasteiger partial charge is 0.350 e. The van der Waals surface area contributed by atoms with Crippen molar-refractivity contribution in [2.45, 2.75) is 26.3 Å². The quantitative estimate of drug-likeness (QED) is 0.718. The van der Waals surface area contributed by atoms with Crippen LogP contribution in [0.25, 0.3) is 10.9 Å². The van der Waals surface area contributed by atoms with E-state index in [1.165, 1.54) is 17.7 Å². The Morgan fingerprint density at radius 2 is 2.04 bits per heavy atom. The van der Waals surface area contributed by atoms with Crippen LogP contribution in [-0.4, -0.2) is 16.9 Å². The minimum atomic E-state index is -0.293. The number of carbonyl (C=O) groups excluding carboxylic acids is 1. The summed E-state index contributed by atoms with van der Waals surface area (Å²) < 4.78 is 13.5. The zero-order valence-electron chi connectivity index (χ0n) is 13.1. The first-order valence-corrected chi connectivity index (χ1v) is 7.75. The molecule has 116 valence electrons. The number of aryl methyl sites for hydroxylation is 1. The van der Waals surface area contributed by atoms with Crippen molar-refractivity contribution < 1.29 is 9.18 Å². The lowest BCUT2D eigenvalue weighted by molar-refractivity contribution is 0.0977. The zero-order valence-corrected chi connectivity index (χ0v) is 13.1. The fraction of sp³-hybridized carbons (Fsp3) is 0.211. The molecule has 1 N–H and O–H groups in total. The molecule has 1 amide bonds. The molecular weight excluding hydrogens is 291 g/mol. The molecule has 0 spiro atoms. The molecule has 0 saturated heterocycles. The van der Waals surface area contributed by atoms with E-state index < -0.39 is 0 Å². The van der Waals surface area contributed by atoms with Gasteiger partial charge in [0.15, 0.2) is 0 Å². The first-order chi connectivity index (χ1) is 11.1. The molecule has 1 aliphatic rings. The van der Waals surface area contributed by atoms with Crippen LogP contribution in [0.2, 0.25) is 0 Å². The fourth-order valence-electron chi connectivity index (χ4n) is 3.51. The van der Waals surface area contributed by atoms with Crippen LogP contribution in [-0.2, 0) is 6.42 Å². The van der Waals surface area contributed by atoms with Crippen molar-refractivity contribution in [2.75, 3.05) is 4.90 Å². The van der Waals surface area contributed by atoms with Gasteiger partial charge in [0.05, 0.1) is 0 Å². The highest BCUT2D eigenvalue weighted by Gasteiger charge is 2.32. The molecule has 1 aromatic heterocycles. The van der Waals surface area contributed by atoms with Crippen molar-refractivity contribution in [3.8, 4) is 0 Å². The Labute approximate surface area is 133 Å². The molecule has 1 unspecified atom stereocenters. The average molecular weight is 308 g/mol. The number of H-pyrrole nitrogens is 1. The van der Waals surface area contributed by atoms with E-state index in [-0.39, 0.29) is 17.8 Å². The van der Waals surface area contributed by atoms with E-state index in [0.29, 0.717) is 5.69 Å². The van der Waals surface area contributed by atoms with Crippen LogP contribution >= 0.6 is 0 Å². The Morgan fingerprint density at radius 1 is 1.26 bits per heavy atom. The lowest BCUT2D eigenvalue weighted by Crippen LogP contribution is -2.36. The summed E-state index contributed by atoms with van der Waals surface area (Å²) in [6.07, 6.45) is 0.857. The predicted octanol–water partition coefficient (Wildman–Crippen LogP) is 4.21. The topological polar surface area (TPSA) is 36.1 Å². The number of hydrogen-bond donors (Lipinski definition) is 1. The van der Waals surface area contributed by atoms with E-state index >= 15 is 0 Å². The van der Waals surface area contributed by atoms with E-state index in [9.17, 15) is 9.18 Å². The number of anilines is 1. The maximum absolute atomic E-state index is 13.5. The van der Waals surface area contributed by atoms with Crippen molar-refractivity contribution in [3.63, 3.8) is 0 Å². The summed E-state index contributed by atoms with van der Waals surface area (Å²) >= 11 is 0. The highest BCUT2D eigenvalue weighted by atomic mass is 19.1. The molecular formula is C19H17FN2O. The highest BCUT2D eigenvalue weighted by Crippen LogP contribution is 2.34. The Kier molecular flexibility index (Phi) is 3.01. The van der Waals surface area contributed by atoms with Crippen LogP contribution in [0.15, 0.2) is 42.5 Å². The zero-order chi connectivity index (χ0) is 16.1. The minimum Gasteiger partial charge on any atom is -0.350 e. The number of aromatic nitrogens is 1. The molecule has 2 heterocycles. The number of halogens is 1. The summed E-state index contributed by atoms with van der Waals surface area (Å²) in [5.74, 6) is -0.352. The van der Waals surface area contributed by atoms with Gasteiger partial charge < -0.3 is 9.88 Å². The van der Waals surface area contributed by atoms with E-state index in [4.69, 9.17) is 0 Å². The molecule has 0 fully saturated rings. The molecule has 4 heteroatoms. The van der Waals surface area contributed by atoms with Gasteiger partial charge >= 0.3 is 0 Å². The van der Waals surface area contributed by atoms with Crippen LogP contribution in [0.3, 0.4) is 0 Å². The predicted molar refractivity (Wildman–Crippen MR) is 89.4 cm³/mol. The van der Waals surface area contributed by atoms with E-state index in [2.05, 4.69) is 18.0 Å². The summed E-state index contributed by atoms with van der Waals surface area (Å²) in [5.41, 5.74) is 4.27. The van der Waals surface area contributed by atoms with Crippen LogP contribution in [0.1, 0.15) is 28.5 Å². The van der Waals surface area contributed by atoms with Crippen molar-refractivity contribution in [1.82, 2.24) is 4.98 Å². The summed E-state index contributed by atoms with van der Waals surface area (Å²) in [7, 11) is 0. The number of fused-ring (bicyclic) bond motifs is 2. The molecule has 1 aliphatic heterocycles. The van der Waals surface area contributed by atoms with Crippen molar-refractivity contribution in [3.05, 3.63) is 65.1 Å². The van der Waals surface area contributed by atoms with E-state index in [1.807, 2.05) is 30.0 Å². The van der Waals surface area contributed by atoms with Gasteiger partial charge in [-0.05, 0) is 55.7 Å². The second-order valence-corrected chi connectivity index (χ2v) is 6.17. The van der Waals surface area contributed by atoms with Gasteiger partial charge in [-0.2, -0.15) is 0 Å². The summed E-state index contributed by atoms with van der Waals surface area (Å²) in [5, 5.41) is 0.758. The van der Waals surface area contributed by atoms with Gasteiger partial charge in [-0.1, -0.05) is 18.2 Å². The number of nitrogens with zero attached hydrogens (tertiary/aromatic N) is 1. The number of benzene rings is 2. The molecule has 0 bridgehead atoms. The Balaban J connectivity index is 1.82. The van der Waals surface area contributed by atoms with Gasteiger partial charge in [-0.15, -0.1) is 0 Å². The highest BCUT2D eigenvalue weighted by molar-refractivity contribution is 6.10. The second-order valence-electron chi connectivity index (χ2n) is 6.17. The van der Waals surface area contributed by atoms with Gasteiger partial charge in [-0.3, -0.25) is 4.79 Å². The molecule has 4 rings (SSSR count). The van der Waals surface area contributed by atoms with Crippen molar-refractivity contribution in [2.24, 2.45) is 0 Å².